The molecule has 1 saturated carbocycles. The second-order valence-electron chi connectivity index (χ2n) is 4.46. The lowest BCUT2D eigenvalue weighted by atomic mass is 10.0. The minimum absolute atomic E-state index is 0.225. The molecule has 0 amide bonds. The molecule has 4 nitrogen and oxygen atoms in total. The Hall–Kier alpha value is -1.65. The van der Waals surface area contributed by atoms with Gasteiger partial charge in [-0.05, 0) is 18.8 Å². The van der Waals surface area contributed by atoms with Gasteiger partial charge >= 0.3 is 0 Å². The zero-order valence-electron chi connectivity index (χ0n) is 9.02. The van der Waals surface area contributed by atoms with Crippen LogP contribution in [0.3, 0.4) is 0 Å². The van der Waals surface area contributed by atoms with Crippen molar-refractivity contribution in [1.82, 2.24) is 14.6 Å². The van der Waals surface area contributed by atoms with Gasteiger partial charge in [0.25, 0.3) is 0 Å². The molecule has 1 aliphatic carbocycles. The molecule has 1 atom stereocenters. The summed E-state index contributed by atoms with van der Waals surface area (Å²) in [5.41, 5.74) is 6.91. The molecule has 1 fully saturated rings. The molecule has 16 heavy (non-hydrogen) atoms. The van der Waals surface area contributed by atoms with Gasteiger partial charge in [-0.3, -0.25) is 0 Å². The largest absolute Gasteiger partial charge is 0.384 e. The van der Waals surface area contributed by atoms with Crippen molar-refractivity contribution in [2.75, 3.05) is 5.73 Å². The third-order valence-electron chi connectivity index (χ3n) is 3.27. The van der Waals surface area contributed by atoms with Crippen molar-refractivity contribution in [2.45, 2.75) is 25.7 Å². The zero-order valence-corrected chi connectivity index (χ0v) is 9.02. The standard InChI is InChI=1S/C11H13FN4/c1-6(7-2-3-7)9-4-10(13)16-11(15-9)8(12)5-14-16/h4-7H,2-3,13H2,1H3. The van der Waals surface area contributed by atoms with E-state index in [9.17, 15) is 4.39 Å². The van der Waals surface area contributed by atoms with Gasteiger partial charge in [0.05, 0.1) is 6.20 Å². The number of halogens is 1. The number of hydrogen-bond acceptors (Lipinski definition) is 3. The van der Waals surface area contributed by atoms with Crippen molar-refractivity contribution < 1.29 is 4.39 Å². The summed E-state index contributed by atoms with van der Waals surface area (Å²) < 4.78 is 14.7. The van der Waals surface area contributed by atoms with E-state index in [0.29, 0.717) is 17.7 Å². The first-order chi connectivity index (χ1) is 7.66. The van der Waals surface area contributed by atoms with Crippen LogP contribution in [0.2, 0.25) is 0 Å². The van der Waals surface area contributed by atoms with Crippen LogP contribution in [0.5, 0.6) is 0 Å². The maximum absolute atomic E-state index is 13.4. The van der Waals surface area contributed by atoms with Gasteiger partial charge in [0.15, 0.2) is 11.5 Å². The molecule has 84 valence electrons. The van der Waals surface area contributed by atoms with Gasteiger partial charge in [0.1, 0.15) is 5.82 Å². The van der Waals surface area contributed by atoms with Crippen molar-refractivity contribution in [2.24, 2.45) is 5.92 Å². The summed E-state index contributed by atoms with van der Waals surface area (Å²) in [6, 6.07) is 1.79. The van der Waals surface area contributed by atoms with E-state index in [4.69, 9.17) is 5.73 Å². The first-order valence-electron chi connectivity index (χ1n) is 5.46. The Labute approximate surface area is 92.3 Å². The van der Waals surface area contributed by atoms with Gasteiger partial charge in [0, 0.05) is 17.7 Å². The molecule has 5 heteroatoms. The molecular weight excluding hydrogens is 207 g/mol. The van der Waals surface area contributed by atoms with Gasteiger partial charge in [0.2, 0.25) is 0 Å². The minimum Gasteiger partial charge on any atom is -0.384 e. The van der Waals surface area contributed by atoms with E-state index >= 15 is 0 Å². The van der Waals surface area contributed by atoms with Crippen molar-refractivity contribution >= 4 is 11.5 Å². The van der Waals surface area contributed by atoms with Gasteiger partial charge in [-0.2, -0.15) is 9.61 Å². The molecule has 0 aromatic carbocycles. The summed E-state index contributed by atoms with van der Waals surface area (Å²) in [5.74, 6) is 1.05. The van der Waals surface area contributed by atoms with Crippen molar-refractivity contribution in [1.29, 1.82) is 0 Å². The van der Waals surface area contributed by atoms with Crippen molar-refractivity contribution in [3.63, 3.8) is 0 Å². The monoisotopic (exact) mass is 220 g/mol. The van der Waals surface area contributed by atoms with E-state index in [1.165, 1.54) is 17.4 Å². The first kappa shape index (κ1) is 9.57. The average molecular weight is 220 g/mol. The molecule has 0 radical (unpaired) electrons. The molecule has 0 spiro atoms. The Bertz CT molecular complexity index is 544. The van der Waals surface area contributed by atoms with Crippen LogP contribution < -0.4 is 5.73 Å². The van der Waals surface area contributed by atoms with E-state index in [1.807, 2.05) is 0 Å². The Balaban J connectivity index is 2.15. The quantitative estimate of drug-likeness (QED) is 0.841. The highest BCUT2D eigenvalue weighted by atomic mass is 19.1. The summed E-state index contributed by atoms with van der Waals surface area (Å²) in [6.07, 6.45) is 3.61. The van der Waals surface area contributed by atoms with Crippen LogP contribution in [0.15, 0.2) is 12.3 Å². The molecule has 2 N–H and O–H groups in total. The fraction of sp³-hybridized carbons (Fsp3) is 0.455. The Kier molecular flexibility index (Phi) is 1.89. The molecule has 0 aliphatic heterocycles. The first-order valence-corrected chi connectivity index (χ1v) is 5.46. The maximum atomic E-state index is 13.4. The molecule has 2 heterocycles. The van der Waals surface area contributed by atoms with E-state index in [0.717, 1.165) is 11.9 Å². The van der Waals surface area contributed by atoms with Crippen molar-refractivity contribution in [3.8, 4) is 0 Å². The van der Waals surface area contributed by atoms with Gasteiger partial charge in [-0.1, -0.05) is 6.92 Å². The van der Waals surface area contributed by atoms with E-state index < -0.39 is 5.82 Å². The predicted molar refractivity (Wildman–Crippen MR) is 58.5 cm³/mol. The maximum Gasteiger partial charge on any atom is 0.193 e. The topological polar surface area (TPSA) is 56.2 Å². The molecule has 3 rings (SSSR count). The molecule has 2 aromatic rings. The summed E-state index contributed by atoms with van der Waals surface area (Å²) in [5, 5.41) is 3.83. The lowest BCUT2D eigenvalue weighted by molar-refractivity contribution is 0.625. The number of fused-ring (bicyclic) bond motifs is 1. The highest BCUT2D eigenvalue weighted by Gasteiger charge is 2.30. The van der Waals surface area contributed by atoms with Crippen LogP contribution in [-0.2, 0) is 0 Å². The summed E-state index contributed by atoms with van der Waals surface area (Å²) in [7, 11) is 0. The summed E-state index contributed by atoms with van der Waals surface area (Å²) in [4.78, 5) is 4.30. The minimum atomic E-state index is -0.420. The predicted octanol–water partition coefficient (Wildman–Crippen LogP) is 1.96. The van der Waals surface area contributed by atoms with Crippen LogP contribution in [0.25, 0.3) is 5.65 Å². The molecule has 1 aliphatic rings. The molecule has 0 bridgehead atoms. The third kappa shape index (κ3) is 1.35. The highest BCUT2D eigenvalue weighted by molar-refractivity contribution is 5.48. The van der Waals surface area contributed by atoms with Crippen LogP contribution in [0, 0.1) is 11.7 Å². The van der Waals surface area contributed by atoms with E-state index in [1.54, 1.807) is 6.07 Å². The normalized spacial score (nSPS) is 17.9. The Morgan fingerprint density at radius 2 is 2.31 bits per heavy atom. The number of aromatic nitrogens is 3. The number of nitrogens with two attached hydrogens (primary N) is 1. The van der Waals surface area contributed by atoms with Gasteiger partial charge in [-0.15, -0.1) is 0 Å². The molecular formula is C11H13FN4. The number of nitrogen functional groups attached to an aromatic ring is 1. The van der Waals surface area contributed by atoms with Crippen LogP contribution >= 0.6 is 0 Å². The second kappa shape index (κ2) is 3.17. The fourth-order valence-corrected chi connectivity index (χ4v) is 2.05. The Morgan fingerprint density at radius 3 is 3.00 bits per heavy atom. The summed E-state index contributed by atoms with van der Waals surface area (Å²) >= 11 is 0. The SMILES string of the molecule is CC(c1cc(N)n2ncc(F)c2n1)C1CC1. The lowest BCUT2D eigenvalue weighted by Gasteiger charge is -2.10. The molecule has 1 unspecified atom stereocenters. The van der Waals surface area contributed by atoms with E-state index in [2.05, 4.69) is 17.0 Å². The van der Waals surface area contributed by atoms with Crippen molar-refractivity contribution in [3.05, 3.63) is 23.8 Å². The lowest BCUT2D eigenvalue weighted by Crippen LogP contribution is -2.06. The fourth-order valence-electron chi connectivity index (χ4n) is 2.05. The zero-order chi connectivity index (χ0) is 11.3. The van der Waals surface area contributed by atoms with Gasteiger partial charge in [-0.25, -0.2) is 9.37 Å². The van der Waals surface area contributed by atoms with Crippen LogP contribution in [0.4, 0.5) is 10.2 Å². The number of nitrogens with zero attached hydrogens (tertiary/aromatic N) is 3. The van der Waals surface area contributed by atoms with E-state index in [-0.39, 0.29) is 5.65 Å². The highest BCUT2D eigenvalue weighted by Crippen LogP contribution is 2.42. The smallest absolute Gasteiger partial charge is 0.193 e. The number of anilines is 1. The van der Waals surface area contributed by atoms with Crippen LogP contribution in [0.1, 0.15) is 31.4 Å². The number of rotatable bonds is 2. The molecule has 0 saturated heterocycles. The second-order valence-corrected chi connectivity index (χ2v) is 4.46. The Morgan fingerprint density at radius 1 is 1.56 bits per heavy atom. The molecule has 2 aromatic heterocycles. The number of hydrogen-bond donors (Lipinski definition) is 1. The third-order valence-corrected chi connectivity index (χ3v) is 3.27. The van der Waals surface area contributed by atoms with Gasteiger partial charge < -0.3 is 5.73 Å². The summed E-state index contributed by atoms with van der Waals surface area (Å²) in [6.45, 7) is 2.12. The average Bonchev–Trinajstić information content (AvgIpc) is 3.04. The van der Waals surface area contributed by atoms with Crippen LogP contribution in [-0.4, -0.2) is 14.6 Å².